The molecule has 2 heterocycles. The van der Waals surface area contributed by atoms with E-state index < -0.39 is 0 Å². The smallest absolute Gasteiger partial charge is 0.179 e. The molecule has 1 aliphatic rings. The Bertz CT molecular complexity index is 986. The van der Waals surface area contributed by atoms with Gasteiger partial charge in [-0.3, -0.25) is 9.69 Å². The lowest BCUT2D eigenvalue weighted by Crippen LogP contribution is -2.48. The summed E-state index contributed by atoms with van der Waals surface area (Å²) in [6.45, 7) is 8.11. The molecule has 0 spiro atoms. The van der Waals surface area contributed by atoms with Crippen molar-refractivity contribution in [1.29, 1.82) is 0 Å². The Morgan fingerprint density at radius 1 is 1.07 bits per heavy atom. The Morgan fingerprint density at radius 3 is 2.59 bits per heavy atom. The van der Waals surface area contributed by atoms with Gasteiger partial charge in [0.2, 0.25) is 0 Å². The van der Waals surface area contributed by atoms with Crippen molar-refractivity contribution in [2.75, 3.05) is 37.6 Å². The summed E-state index contributed by atoms with van der Waals surface area (Å²) in [7, 11) is 0. The highest BCUT2D eigenvalue weighted by atomic mass is 35.5. The number of H-pyrrole nitrogens is 1. The highest BCUT2D eigenvalue weighted by molar-refractivity contribution is 6.30. The van der Waals surface area contributed by atoms with Crippen LogP contribution < -0.4 is 4.90 Å². The second-order valence-electron chi connectivity index (χ2n) is 7.29. The number of aryl methyl sites for hydroxylation is 2. The third-order valence-electron chi connectivity index (χ3n) is 5.42. The number of fused-ring (bicyclic) bond motifs is 1. The Morgan fingerprint density at radius 2 is 1.81 bits per heavy atom. The summed E-state index contributed by atoms with van der Waals surface area (Å²) in [6.07, 6.45) is 0. The first kappa shape index (κ1) is 18.1. The van der Waals surface area contributed by atoms with Crippen molar-refractivity contribution in [2.24, 2.45) is 0 Å². The molecule has 2 aromatic carbocycles. The van der Waals surface area contributed by atoms with Gasteiger partial charge in [0.15, 0.2) is 5.78 Å². The minimum atomic E-state index is 0.192. The van der Waals surface area contributed by atoms with Crippen LogP contribution in [-0.2, 0) is 0 Å². The lowest BCUT2D eigenvalue weighted by atomic mass is 10.1. The second kappa shape index (κ2) is 7.37. The van der Waals surface area contributed by atoms with Crippen LogP contribution in [-0.4, -0.2) is 48.4 Å². The minimum absolute atomic E-state index is 0.192. The predicted octanol–water partition coefficient (Wildman–Crippen LogP) is 4.44. The molecular weight excluding hydrogens is 358 g/mol. The number of aromatic nitrogens is 1. The van der Waals surface area contributed by atoms with E-state index in [2.05, 4.69) is 27.8 Å². The first-order valence-corrected chi connectivity index (χ1v) is 9.74. The quantitative estimate of drug-likeness (QED) is 0.679. The van der Waals surface area contributed by atoms with Gasteiger partial charge in [0.25, 0.3) is 0 Å². The zero-order valence-corrected chi connectivity index (χ0v) is 16.5. The Kier molecular flexibility index (Phi) is 4.94. The molecule has 0 atom stereocenters. The zero-order chi connectivity index (χ0) is 19.0. The molecule has 1 saturated heterocycles. The Labute approximate surface area is 164 Å². The molecule has 0 saturated carbocycles. The number of aromatic amines is 1. The second-order valence-corrected chi connectivity index (χ2v) is 7.72. The first-order valence-electron chi connectivity index (χ1n) is 9.37. The van der Waals surface area contributed by atoms with Crippen LogP contribution in [0.15, 0.2) is 42.5 Å². The lowest BCUT2D eigenvalue weighted by molar-refractivity contribution is 0.0927. The molecule has 1 N–H and O–H groups in total. The van der Waals surface area contributed by atoms with E-state index in [1.165, 1.54) is 11.3 Å². The summed E-state index contributed by atoms with van der Waals surface area (Å²) in [4.78, 5) is 20.9. The summed E-state index contributed by atoms with van der Waals surface area (Å²) in [5, 5.41) is 1.79. The summed E-state index contributed by atoms with van der Waals surface area (Å²) in [6, 6.07) is 14.0. The normalized spacial score (nSPS) is 15.4. The highest BCUT2D eigenvalue weighted by Gasteiger charge is 2.23. The highest BCUT2D eigenvalue weighted by Crippen LogP contribution is 2.26. The first-order chi connectivity index (χ1) is 13.0. The Balaban J connectivity index is 1.44. The van der Waals surface area contributed by atoms with E-state index in [1.807, 2.05) is 43.3 Å². The number of hydrogen-bond acceptors (Lipinski definition) is 3. The Hall–Kier alpha value is -2.30. The summed E-state index contributed by atoms with van der Waals surface area (Å²) in [5.74, 6) is 0.192. The minimum Gasteiger partial charge on any atom is -0.369 e. The standard InChI is InChI=1S/C22H24ClN3O/c1-15-7-8-17(23)13-20(15)26-11-9-25(10-12-26)14-21(27)22-16(2)24-19-6-4-3-5-18(19)22/h3-8,13,24H,9-12,14H2,1-2H3. The number of piperazine rings is 1. The van der Waals surface area contributed by atoms with Gasteiger partial charge in [-0.2, -0.15) is 0 Å². The van der Waals surface area contributed by atoms with E-state index in [4.69, 9.17) is 11.6 Å². The molecule has 4 nitrogen and oxygen atoms in total. The molecule has 0 radical (unpaired) electrons. The van der Waals surface area contributed by atoms with Crippen LogP contribution in [0.25, 0.3) is 10.9 Å². The number of hydrogen-bond donors (Lipinski definition) is 1. The molecule has 140 valence electrons. The third-order valence-corrected chi connectivity index (χ3v) is 5.66. The van der Waals surface area contributed by atoms with Crippen molar-refractivity contribution < 1.29 is 4.79 Å². The fourth-order valence-corrected chi connectivity index (χ4v) is 4.15. The monoisotopic (exact) mass is 381 g/mol. The van der Waals surface area contributed by atoms with Gasteiger partial charge in [0.1, 0.15) is 0 Å². The van der Waals surface area contributed by atoms with E-state index in [9.17, 15) is 4.79 Å². The molecule has 4 rings (SSSR count). The van der Waals surface area contributed by atoms with Crippen LogP contribution in [0.2, 0.25) is 5.02 Å². The summed E-state index contributed by atoms with van der Waals surface area (Å²) in [5.41, 5.74) is 5.24. The van der Waals surface area contributed by atoms with E-state index in [1.54, 1.807) is 0 Å². The molecule has 1 aromatic heterocycles. The van der Waals surface area contributed by atoms with Gasteiger partial charge in [-0.15, -0.1) is 0 Å². The number of carbonyl (C=O) groups excluding carboxylic acids is 1. The van der Waals surface area contributed by atoms with Crippen molar-refractivity contribution >= 4 is 34.0 Å². The van der Waals surface area contributed by atoms with E-state index in [-0.39, 0.29) is 5.78 Å². The average Bonchev–Trinajstić information content (AvgIpc) is 3.00. The van der Waals surface area contributed by atoms with Gasteiger partial charge >= 0.3 is 0 Å². The molecular formula is C22H24ClN3O. The van der Waals surface area contributed by atoms with Crippen LogP contribution >= 0.6 is 11.6 Å². The van der Waals surface area contributed by atoms with Gasteiger partial charge in [-0.1, -0.05) is 35.9 Å². The number of carbonyl (C=O) groups is 1. The molecule has 1 fully saturated rings. The number of rotatable bonds is 4. The topological polar surface area (TPSA) is 39.3 Å². The maximum Gasteiger partial charge on any atom is 0.179 e. The molecule has 0 bridgehead atoms. The number of anilines is 1. The van der Waals surface area contributed by atoms with E-state index >= 15 is 0 Å². The van der Waals surface area contributed by atoms with Crippen LogP contribution in [0.3, 0.4) is 0 Å². The maximum absolute atomic E-state index is 13.0. The number of nitrogens with one attached hydrogen (secondary N) is 1. The number of nitrogens with zero attached hydrogens (tertiary/aromatic N) is 2. The van der Waals surface area contributed by atoms with Crippen LogP contribution in [0, 0.1) is 13.8 Å². The molecule has 0 aliphatic carbocycles. The molecule has 5 heteroatoms. The van der Waals surface area contributed by atoms with Crippen molar-refractivity contribution in [2.45, 2.75) is 13.8 Å². The van der Waals surface area contributed by atoms with Crippen LogP contribution in [0.4, 0.5) is 5.69 Å². The molecule has 1 aliphatic heterocycles. The third kappa shape index (κ3) is 3.60. The predicted molar refractivity (Wildman–Crippen MR) is 112 cm³/mol. The fourth-order valence-electron chi connectivity index (χ4n) is 3.99. The molecule has 3 aromatic rings. The summed E-state index contributed by atoms with van der Waals surface area (Å²) < 4.78 is 0. The maximum atomic E-state index is 13.0. The largest absolute Gasteiger partial charge is 0.369 e. The number of halogens is 1. The summed E-state index contributed by atoms with van der Waals surface area (Å²) >= 11 is 6.17. The number of benzene rings is 2. The number of Topliss-reactive ketones (excluding diaryl/α,β-unsaturated/α-hetero) is 1. The van der Waals surface area contributed by atoms with Crippen molar-refractivity contribution in [3.05, 3.63) is 64.3 Å². The van der Waals surface area contributed by atoms with Crippen LogP contribution in [0.1, 0.15) is 21.6 Å². The molecule has 27 heavy (non-hydrogen) atoms. The van der Waals surface area contributed by atoms with E-state index in [0.29, 0.717) is 6.54 Å². The number of ketones is 1. The lowest BCUT2D eigenvalue weighted by Gasteiger charge is -2.36. The zero-order valence-electron chi connectivity index (χ0n) is 15.8. The van der Waals surface area contributed by atoms with Crippen molar-refractivity contribution in [3.63, 3.8) is 0 Å². The molecule has 0 unspecified atom stereocenters. The fraction of sp³-hybridized carbons (Fsp3) is 0.318. The molecule has 0 amide bonds. The van der Waals surface area contributed by atoms with Crippen LogP contribution in [0.5, 0.6) is 0 Å². The van der Waals surface area contributed by atoms with Gasteiger partial charge < -0.3 is 9.88 Å². The van der Waals surface area contributed by atoms with Crippen molar-refractivity contribution in [3.8, 4) is 0 Å². The van der Waals surface area contributed by atoms with Gasteiger partial charge in [-0.05, 0) is 37.6 Å². The number of para-hydroxylation sites is 1. The SMILES string of the molecule is Cc1ccc(Cl)cc1N1CCN(CC(=O)c2c(C)[nH]c3ccccc23)CC1. The van der Waals surface area contributed by atoms with Gasteiger partial charge in [0.05, 0.1) is 6.54 Å². The van der Waals surface area contributed by atoms with Gasteiger partial charge in [0, 0.05) is 59.0 Å². The van der Waals surface area contributed by atoms with Crippen molar-refractivity contribution in [1.82, 2.24) is 9.88 Å². The average molecular weight is 382 g/mol. The van der Waals surface area contributed by atoms with E-state index in [0.717, 1.165) is 53.4 Å². The van der Waals surface area contributed by atoms with Gasteiger partial charge in [-0.25, -0.2) is 0 Å².